The number of likely N-dealkylation sites (N-methyl/N-ethyl adjacent to an activating group) is 1. The largest absolute Gasteiger partial charge is 0.374 e. The van der Waals surface area contributed by atoms with Crippen LogP contribution in [0.1, 0.15) is 32.1 Å². The van der Waals surface area contributed by atoms with E-state index in [1.165, 1.54) is 32.1 Å². The molecule has 1 aliphatic carbocycles. The minimum atomic E-state index is 0.267. The Bertz CT molecular complexity index is 289. The van der Waals surface area contributed by atoms with Crippen LogP contribution in [0.15, 0.2) is 4.99 Å². The summed E-state index contributed by atoms with van der Waals surface area (Å²) in [5, 5.41) is 6.92. The monoisotopic (exact) mass is 268 g/mol. The third kappa shape index (κ3) is 4.99. The first-order valence-electron chi connectivity index (χ1n) is 7.55. The van der Waals surface area contributed by atoms with Crippen LogP contribution in [0.2, 0.25) is 0 Å². The van der Waals surface area contributed by atoms with Gasteiger partial charge in [-0.15, -0.1) is 0 Å². The van der Waals surface area contributed by atoms with Gasteiger partial charge >= 0.3 is 0 Å². The molecule has 0 radical (unpaired) electrons. The number of hydrogen-bond donors (Lipinski definition) is 2. The van der Waals surface area contributed by atoms with Gasteiger partial charge in [-0.25, -0.2) is 0 Å². The topological polar surface area (TPSA) is 48.9 Å². The van der Waals surface area contributed by atoms with E-state index in [0.29, 0.717) is 6.04 Å². The standard InChI is InChI=1S/C14H28N4O/c1-15-14(17-12-6-4-3-5-7-12)16-10-13-11-18(2)8-9-19-13/h12-13H,3-11H2,1-2H3,(H2,15,16,17). The average Bonchev–Trinajstić information content (AvgIpc) is 2.44. The van der Waals surface area contributed by atoms with Crippen LogP contribution in [0.5, 0.6) is 0 Å². The van der Waals surface area contributed by atoms with Crippen LogP contribution in [0.4, 0.5) is 0 Å². The number of ether oxygens (including phenoxy) is 1. The van der Waals surface area contributed by atoms with E-state index in [-0.39, 0.29) is 6.10 Å². The van der Waals surface area contributed by atoms with Crippen LogP contribution in [0.25, 0.3) is 0 Å². The van der Waals surface area contributed by atoms with Gasteiger partial charge in [-0.3, -0.25) is 4.99 Å². The van der Waals surface area contributed by atoms with Gasteiger partial charge in [0, 0.05) is 32.7 Å². The van der Waals surface area contributed by atoms with Gasteiger partial charge in [0.15, 0.2) is 5.96 Å². The van der Waals surface area contributed by atoms with Gasteiger partial charge in [0.1, 0.15) is 0 Å². The summed E-state index contributed by atoms with van der Waals surface area (Å²) in [6.07, 6.45) is 6.86. The molecule has 1 saturated carbocycles. The average molecular weight is 268 g/mol. The quantitative estimate of drug-likeness (QED) is 0.587. The van der Waals surface area contributed by atoms with Crippen molar-refractivity contribution in [1.82, 2.24) is 15.5 Å². The minimum absolute atomic E-state index is 0.267. The van der Waals surface area contributed by atoms with Gasteiger partial charge in [-0.1, -0.05) is 19.3 Å². The highest BCUT2D eigenvalue weighted by molar-refractivity contribution is 5.79. The fourth-order valence-corrected chi connectivity index (χ4v) is 2.84. The molecule has 0 spiro atoms. The molecule has 5 nitrogen and oxygen atoms in total. The summed E-state index contributed by atoms with van der Waals surface area (Å²) in [6.45, 7) is 3.69. The number of nitrogens with zero attached hydrogens (tertiary/aromatic N) is 2. The fraction of sp³-hybridized carbons (Fsp3) is 0.929. The lowest BCUT2D eigenvalue weighted by molar-refractivity contribution is -0.0161. The molecule has 0 aromatic rings. The number of aliphatic imine (C=N–C) groups is 1. The van der Waals surface area contributed by atoms with E-state index >= 15 is 0 Å². The number of nitrogens with one attached hydrogen (secondary N) is 2. The zero-order chi connectivity index (χ0) is 13.5. The van der Waals surface area contributed by atoms with Gasteiger partial charge in [0.05, 0.1) is 12.7 Å². The van der Waals surface area contributed by atoms with E-state index in [4.69, 9.17) is 4.74 Å². The first-order chi connectivity index (χ1) is 9.28. The SMILES string of the molecule is CN=C(NCC1CN(C)CCO1)NC1CCCCC1. The molecule has 110 valence electrons. The Labute approximate surface area is 116 Å². The molecule has 1 saturated heterocycles. The van der Waals surface area contributed by atoms with Crippen LogP contribution < -0.4 is 10.6 Å². The van der Waals surface area contributed by atoms with Crippen molar-refractivity contribution in [2.45, 2.75) is 44.2 Å². The fourth-order valence-electron chi connectivity index (χ4n) is 2.84. The lowest BCUT2D eigenvalue weighted by Crippen LogP contribution is -2.50. The van der Waals surface area contributed by atoms with Gasteiger partial charge in [0.2, 0.25) is 0 Å². The zero-order valence-corrected chi connectivity index (χ0v) is 12.3. The van der Waals surface area contributed by atoms with Crippen molar-refractivity contribution >= 4 is 5.96 Å². The van der Waals surface area contributed by atoms with Crippen molar-refractivity contribution in [3.63, 3.8) is 0 Å². The number of guanidine groups is 1. The molecule has 1 aliphatic heterocycles. The van der Waals surface area contributed by atoms with Gasteiger partial charge < -0.3 is 20.3 Å². The molecule has 0 aromatic carbocycles. The van der Waals surface area contributed by atoms with Crippen LogP contribution in [0, 0.1) is 0 Å². The summed E-state index contributed by atoms with van der Waals surface area (Å²) in [5.41, 5.74) is 0. The van der Waals surface area contributed by atoms with E-state index in [2.05, 4.69) is 27.6 Å². The minimum Gasteiger partial charge on any atom is -0.374 e. The summed E-state index contributed by atoms with van der Waals surface area (Å²) in [7, 11) is 3.98. The summed E-state index contributed by atoms with van der Waals surface area (Å²) >= 11 is 0. The molecule has 2 aliphatic rings. The van der Waals surface area contributed by atoms with Gasteiger partial charge in [-0.05, 0) is 19.9 Å². The highest BCUT2D eigenvalue weighted by atomic mass is 16.5. The number of morpholine rings is 1. The molecule has 0 amide bonds. The Morgan fingerprint density at radius 1 is 1.32 bits per heavy atom. The lowest BCUT2D eigenvalue weighted by Gasteiger charge is -2.31. The highest BCUT2D eigenvalue weighted by Crippen LogP contribution is 2.17. The third-order valence-electron chi connectivity index (χ3n) is 4.01. The van der Waals surface area contributed by atoms with Crippen molar-refractivity contribution in [3.05, 3.63) is 0 Å². The number of rotatable bonds is 3. The first kappa shape index (κ1) is 14.6. The van der Waals surface area contributed by atoms with Crippen molar-refractivity contribution < 1.29 is 4.74 Å². The summed E-state index contributed by atoms with van der Waals surface area (Å²) in [4.78, 5) is 6.62. The van der Waals surface area contributed by atoms with E-state index in [1.54, 1.807) is 0 Å². The van der Waals surface area contributed by atoms with E-state index in [0.717, 1.165) is 32.2 Å². The van der Waals surface area contributed by atoms with E-state index < -0.39 is 0 Å². The van der Waals surface area contributed by atoms with Gasteiger partial charge in [-0.2, -0.15) is 0 Å². The summed E-state index contributed by atoms with van der Waals surface area (Å²) in [5.74, 6) is 0.920. The van der Waals surface area contributed by atoms with Crippen molar-refractivity contribution in [2.75, 3.05) is 40.3 Å². The summed E-state index contributed by atoms with van der Waals surface area (Å²) in [6, 6.07) is 0.592. The molecule has 1 unspecified atom stereocenters. The molecule has 2 rings (SSSR count). The molecule has 19 heavy (non-hydrogen) atoms. The second kappa shape index (κ2) is 7.70. The third-order valence-corrected chi connectivity index (χ3v) is 4.01. The van der Waals surface area contributed by atoms with Crippen molar-refractivity contribution in [1.29, 1.82) is 0 Å². The molecule has 2 fully saturated rings. The summed E-state index contributed by atoms with van der Waals surface area (Å²) < 4.78 is 5.75. The first-order valence-corrected chi connectivity index (χ1v) is 7.55. The van der Waals surface area contributed by atoms with Crippen LogP contribution >= 0.6 is 0 Å². The number of hydrogen-bond acceptors (Lipinski definition) is 3. The Morgan fingerprint density at radius 3 is 2.79 bits per heavy atom. The second-order valence-corrected chi connectivity index (χ2v) is 5.69. The van der Waals surface area contributed by atoms with Crippen molar-refractivity contribution in [2.24, 2.45) is 4.99 Å². The van der Waals surface area contributed by atoms with E-state index in [9.17, 15) is 0 Å². The zero-order valence-electron chi connectivity index (χ0n) is 12.3. The molecule has 0 aromatic heterocycles. The molecular formula is C14H28N4O. The predicted molar refractivity (Wildman–Crippen MR) is 78.6 cm³/mol. The lowest BCUT2D eigenvalue weighted by atomic mass is 9.96. The van der Waals surface area contributed by atoms with Crippen LogP contribution in [0.3, 0.4) is 0 Å². The van der Waals surface area contributed by atoms with Crippen LogP contribution in [-0.4, -0.2) is 63.3 Å². The molecule has 2 N–H and O–H groups in total. The normalized spacial score (nSPS) is 27.3. The van der Waals surface area contributed by atoms with Crippen molar-refractivity contribution in [3.8, 4) is 0 Å². The molecule has 0 bridgehead atoms. The molecule has 5 heteroatoms. The maximum absolute atomic E-state index is 5.75. The highest BCUT2D eigenvalue weighted by Gasteiger charge is 2.19. The Kier molecular flexibility index (Phi) is 5.92. The Hall–Kier alpha value is -0.810. The second-order valence-electron chi connectivity index (χ2n) is 5.69. The van der Waals surface area contributed by atoms with Crippen LogP contribution in [-0.2, 0) is 4.74 Å². The molecular weight excluding hydrogens is 240 g/mol. The smallest absolute Gasteiger partial charge is 0.191 e. The maximum Gasteiger partial charge on any atom is 0.191 e. The predicted octanol–water partition coefficient (Wildman–Crippen LogP) is 0.815. The Morgan fingerprint density at radius 2 is 2.11 bits per heavy atom. The maximum atomic E-state index is 5.75. The van der Waals surface area contributed by atoms with Gasteiger partial charge in [0.25, 0.3) is 0 Å². The Balaban J connectivity index is 1.70. The van der Waals surface area contributed by atoms with E-state index in [1.807, 2.05) is 7.05 Å². The molecule has 1 heterocycles. The molecule has 1 atom stereocenters.